The molecule has 0 atom stereocenters. The summed E-state index contributed by atoms with van der Waals surface area (Å²) in [7, 11) is -1.24. The van der Waals surface area contributed by atoms with E-state index < -0.39 is 22.5 Å². The quantitative estimate of drug-likeness (QED) is 0.377. The number of nitrogens with zero attached hydrogens (tertiary/aromatic N) is 1. The largest absolute Gasteiger partial charge is 0.493 e. The molecule has 3 rings (SSSR count). The Bertz CT molecular complexity index is 1390. The highest BCUT2D eigenvalue weighted by molar-refractivity contribution is 7.92. The second kappa shape index (κ2) is 12.5. The highest BCUT2D eigenvalue weighted by Gasteiger charge is 2.28. The topological polar surface area (TPSA) is 114 Å². The molecule has 0 heterocycles. The van der Waals surface area contributed by atoms with Gasteiger partial charge in [-0.3, -0.25) is 13.9 Å². The summed E-state index contributed by atoms with van der Waals surface area (Å²) in [5.41, 5.74) is 1.66. The summed E-state index contributed by atoms with van der Waals surface area (Å²) in [5, 5.41) is 5.53. The Morgan fingerprint density at radius 1 is 0.921 bits per heavy atom. The molecule has 0 aromatic heterocycles. The van der Waals surface area contributed by atoms with E-state index in [4.69, 9.17) is 9.47 Å². The molecule has 9 nitrogen and oxygen atoms in total. The second-order valence-electron chi connectivity index (χ2n) is 9.06. The van der Waals surface area contributed by atoms with Gasteiger partial charge < -0.3 is 20.1 Å². The first-order valence-corrected chi connectivity index (χ1v) is 13.5. The van der Waals surface area contributed by atoms with Gasteiger partial charge in [-0.15, -0.1) is 0 Å². The van der Waals surface area contributed by atoms with Gasteiger partial charge in [-0.25, -0.2) is 8.42 Å². The van der Waals surface area contributed by atoms with E-state index in [9.17, 15) is 18.0 Å². The molecule has 2 amide bonds. The van der Waals surface area contributed by atoms with Gasteiger partial charge in [0.1, 0.15) is 6.54 Å². The molecule has 0 aliphatic heterocycles. The summed E-state index contributed by atoms with van der Waals surface area (Å²) in [6.07, 6.45) is 0. The van der Waals surface area contributed by atoms with Gasteiger partial charge in [0, 0.05) is 12.6 Å². The van der Waals surface area contributed by atoms with E-state index in [0.29, 0.717) is 18.0 Å². The Morgan fingerprint density at radius 2 is 1.58 bits per heavy atom. The van der Waals surface area contributed by atoms with Gasteiger partial charge in [-0.2, -0.15) is 0 Å². The summed E-state index contributed by atoms with van der Waals surface area (Å²) in [5.74, 6) is 0.0114. The van der Waals surface area contributed by atoms with Crippen molar-refractivity contribution in [3.05, 3.63) is 77.9 Å². The maximum atomic E-state index is 13.7. The Kier molecular flexibility index (Phi) is 9.35. The third-order valence-electron chi connectivity index (χ3n) is 5.67. The molecule has 0 bridgehead atoms. The first-order chi connectivity index (χ1) is 18.1. The Hall–Kier alpha value is -4.05. The molecule has 0 aliphatic rings. The summed E-state index contributed by atoms with van der Waals surface area (Å²) in [6, 6.07) is 17.5. The average Bonchev–Trinajstić information content (AvgIpc) is 2.90. The Labute approximate surface area is 223 Å². The van der Waals surface area contributed by atoms with E-state index in [0.717, 1.165) is 9.87 Å². The van der Waals surface area contributed by atoms with Crippen LogP contribution in [-0.2, 0) is 14.8 Å². The van der Waals surface area contributed by atoms with E-state index in [1.165, 1.54) is 38.5 Å². The fraction of sp³-hybridized carbons (Fsp3) is 0.286. The van der Waals surface area contributed by atoms with Gasteiger partial charge in [0.05, 0.1) is 36.1 Å². The molecular formula is C28H33N3O6S. The molecule has 0 saturated carbocycles. The van der Waals surface area contributed by atoms with Gasteiger partial charge in [0.2, 0.25) is 5.91 Å². The first-order valence-electron chi connectivity index (χ1n) is 12.0. The van der Waals surface area contributed by atoms with Crippen LogP contribution in [-0.4, -0.2) is 47.5 Å². The van der Waals surface area contributed by atoms with Crippen molar-refractivity contribution >= 4 is 33.2 Å². The van der Waals surface area contributed by atoms with Crippen molar-refractivity contribution in [2.45, 2.75) is 25.7 Å². The molecule has 0 radical (unpaired) electrons. The number of ether oxygens (including phenoxy) is 2. The molecule has 202 valence electrons. The zero-order chi connectivity index (χ0) is 27.9. The monoisotopic (exact) mass is 539 g/mol. The summed E-state index contributed by atoms with van der Waals surface area (Å²) in [4.78, 5) is 26.0. The van der Waals surface area contributed by atoms with Crippen LogP contribution >= 0.6 is 0 Å². The van der Waals surface area contributed by atoms with Crippen molar-refractivity contribution in [3.63, 3.8) is 0 Å². The summed E-state index contributed by atoms with van der Waals surface area (Å²) < 4.78 is 39.1. The highest BCUT2D eigenvalue weighted by Crippen LogP contribution is 2.34. The van der Waals surface area contributed by atoms with Crippen LogP contribution in [0.15, 0.2) is 71.6 Å². The molecule has 0 aliphatic carbocycles. The first kappa shape index (κ1) is 28.5. The Morgan fingerprint density at radius 3 is 2.21 bits per heavy atom. The predicted octanol–water partition coefficient (Wildman–Crippen LogP) is 4.23. The minimum Gasteiger partial charge on any atom is -0.493 e. The van der Waals surface area contributed by atoms with Crippen molar-refractivity contribution < 1.29 is 27.5 Å². The van der Waals surface area contributed by atoms with Crippen molar-refractivity contribution in [3.8, 4) is 11.5 Å². The fourth-order valence-electron chi connectivity index (χ4n) is 3.63. The molecule has 3 aromatic carbocycles. The number of hydrogen-bond donors (Lipinski definition) is 2. The van der Waals surface area contributed by atoms with Gasteiger partial charge >= 0.3 is 0 Å². The zero-order valence-electron chi connectivity index (χ0n) is 22.1. The van der Waals surface area contributed by atoms with Crippen molar-refractivity contribution in [1.29, 1.82) is 0 Å². The number of sulfonamides is 1. The molecule has 2 N–H and O–H groups in total. The lowest BCUT2D eigenvalue weighted by molar-refractivity contribution is -0.114. The number of para-hydroxylation sites is 1. The van der Waals surface area contributed by atoms with Crippen molar-refractivity contribution in [2.75, 3.05) is 36.9 Å². The molecular weight excluding hydrogens is 506 g/mol. The minimum absolute atomic E-state index is 0.0270. The molecule has 0 spiro atoms. The number of methoxy groups -OCH3 is 2. The number of rotatable bonds is 11. The number of benzene rings is 3. The lowest BCUT2D eigenvalue weighted by atomic mass is 10.1. The van der Waals surface area contributed by atoms with Crippen molar-refractivity contribution in [1.82, 2.24) is 5.32 Å². The molecule has 0 fully saturated rings. The number of aryl methyl sites for hydroxylation is 1. The maximum Gasteiger partial charge on any atom is 0.264 e. The SMILES string of the molecule is COc1ccc(N(CC(=O)Nc2ccccc2C(=O)NCC(C)C)S(=O)(=O)c2ccc(C)cc2)cc1OC. The van der Waals surface area contributed by atoms with E-state index in [-0.39, 0.29) is 33.7 Å². The van der Waals surface area contributed by atoms with Crippen LogP contribution in [0.2, 0.25) is 0 Å². The van der Waals surface area contributed by atoms with Gasteiger partial charge in [-0.1, -0.05) is 43.7 Å². The van der Waals surface area contributed by atoms with Crippen LogP contribution in [0.5, 0.6) is 11.5 Å². The predicted molar refractivity (Wildman–Crippen MR) is 147 cm³/mol. The third kappa shape index (κ3) is 6.83. The van der Waals surface area contributed by atoms with Crippen molar-refractivity contribution in [2.24, 2.45) is 5.92 Å². The lowest BCUT2D eigenvalue weighted by Crippen LogP contribution is -2.38. The van der Waals surface area contributed by atoms with Gasteiger partial charge in [-0.05, 0) is 49.2 Å². The molecule has 0 unspecified atom stereocenters. The molecule has 3 aromatic rings. The third-order valence-corrected chi connectivity index (χ3v) is 7.46. The number of hydrogen-bond acceptors (Lipinski definition) is 6. The maximum absolute atomic E-state index is 13.7. The number of amides is 2. The fourth-order valence-corrected chi connectivity index (χ4v) is 5.05. The minimum atomic E-state index is -4.15. The van der Waals surface area contributed by atoms with E-state index in [1.54, 1.807) is 42.5 Å². The standard InChI is InChI=1S/C28H33N3O6S/c1-19(2)17-29-28(33)23-8-6-7-9-24(23)30-27(32)18-31(21-12-15-25(36-4)26(16-21)37-5)38(34,35)22-13-10-20(3)11-14-22/h6-16,19H,17-18H2,1-5H3,(H,29,33)(H,30,32). The molecule has 10 heteroatoms. The number of nitrogens with one attached hydrogen (secondary N) is 2. The highest BCUT2D eigenvalue weighted by atomic mass is 32.2. The van der Waals surface area contributed by atoms with Crippen LogP contribution in [0, 0.1) is 12.8 Å². The van der Waals surface area contributed by atoms with E-state index >= 15 is 0 Å². The van der Waals surface area contributed by atoms with E-state index in [1.807, 2.05) is 20.8 Å². The van der Waals surface area contributed by atoms with Crippen LogP contribution in [0.4, 0.5) is 11.4 Å². The van der Waals surface area contributed by atoms with Crippen LogP contribution in [0.1, 0.15) is 29.8 Å². The Balaban J connectivity index is 1.96. The van der Waals surface area contributed by atoms with Crippen LogP contribution in [0.25, 0.3) is 0 Å². The zero-order valence-corrected chi connectivity index (χ0v) is 23.0. The molecule has 38 heavy (non-hydrogen) atoms. The van der Waals surface area contributed by atoms with E-state index in [2.05, 4.69) is 10.6 Å². The smallest absolute Gasteiger partial charge is 0.264 e. The number of carbonyl (C=O) groups excluding carboxylic acids is 2. The number of anilines is 2. The average molecular weight is 540 g/mol. The van der Waals surface area contributed by atoms with Crippen LogP contribution < -0.4 is 24.4 Å². The van der Waals surface area contributed by atoms with Gasteiger partial charge in [0.25, 0.3) is 15.9 Å². The normalized spacial score (nSPS) is 11.1. The second-order valence-corrected chi connectivity index (χ2v) is 10.9. The van der Waals surface area contributed by atoms with Crippen LogP contribution in [0.3, 0.4) is 0 Å². The lowest BCUT2D eigenvalue weighted by Gasteiger charge is -2.25. The van der Waals surface area contributed by atoms with Gasteiger partial charge in [0.15, 0.2) is 11.5 Å². The molecule has 0 saturated heterocycles. The summed E-state index contributed by atoms with van der Waals surface area (Å²) >= 11 is 0. The summed E-state index contributed by atoms with van der Waals surface area (Å²) in [6.45, 7) is 5.73. The number of carbonyl (C=O) groups is 2.